The topological polar surface area (TPSA) is 43.8 Å². The Morgan fingerprint density at radius 1 is 0.650 bits per heavy atom. The molecular weight excluding hydrogens is 539 g/mol. The molecule has 0 fully saturated rings. The molecule has 3 rings (SSSR count). The summed E-state index contributed by atoms with van der Waals surface area (Å²) in [6.45, 7) is 8.96. The second-order valence-corrected chi connectivity index (χ2v) is 11.5. The van der Waals surface area contributed by atoms with Gasteiger partial charge in [-0.2, -0.15) is 0 Å². The molecule has 0 aliphatic carbocycles. The Bertz CT molecular complexity index is 1100. The van der Waals surface area contributed by atoms with E-state index in [-0.39, 0.29) is 0 Å². The first-order valence-corrected chi connectivity index (χ1v) is 16.1. The molecule has 0 aromatic heterocycles. The zero-order chi connectivity index (χ0) is 29.2. The summed E-state index contributed by atoms with van der Waals surface area (Å²) in [5, 5.41) is 0. The third-order valence-electron chi connectivity index (χ3n) is 7.44. The van der Waals surface area contributed by atoms with Gasteiger partial charge in [0, 0.05) is 22.3 Å². The van der Waals surface area contributed by atoms with Crippen molar-refractivity contribution in [1.82, 2.24) is 0 Å². The molecule has 5 heteroatoms. The van der Waals surface area contributed by atoms with E-state index in [4.69, 9.17) is 0 Å². The van der Waals surface area contributed by atoms with Crippen LogP contribution < -0.4 is 0 Å². The number of rotatable bonds is 17. The summed E-state index contributed by atoms with van der Waals surface area (Å²) in [6.07, 6.45) is 15.7. The van der Waals surface area contributed by atoms with E-state index < -0.39 is 0 Å². The Balaban J connectivity index is 0.00000103. The molecule has 1 aliphatic heterocycles. The van der Waals surface area contributed by atoms with Gasteiger partial charge in [-0.25, -0.2) is 4.70 Å². The molecule has 0 bridgehead atoms. The Morgan fingerprint density at radius 2 is 1.15 bits per heavy atom. The summed E-state index contributed by atoms with van der Waals surface area (Å²) in [4.78, 5) is 0. The molecule has 0 unspecified atom stereocenters. The monoisotopic (exact) mass is 590 g/mol. The molecule has 4 nitrogen and oxygen atoms in total. The van der Waals surface area contributed by atoms with Gasteiger partial charge < -0.3 is 5.53 Å². The van der Waals surface area contributed by atoms with Crippen LogP contribution in [0.1, 0.15) is 121 Å². The quantitative estimate of drug-likeness (QED) is 0.104. The molecule has 1 aliphatic rings. The van der Waals surface area contributed by atoms with Crippen LogP contribution in [-0.2, 0) is 35.7 Å². The van der Waals surface area contributed by atoms with Crippen molar-refractivity contribution in [2.75, 3.05) is 14.2 Å². The minimum atomic E-state index is 0.819. The summed E-state index contributed by atoms with van der Waals surface area (Å²) in [5.74, 6) is 0. The van der Waals surface area contributed by atoms with Gasteiger partial charge in [0.2, 0.25) is 11.4 Å². The molecule has 40 heavy (non-hydrogen) atoms. The average Bonchev–Trinajstić information content (AvgIpc) is 3.22. The van der Waals surface area contributed by atoms with Gasteiger partial charge >= 0.3 is 37.1 Å². The Kier molecular flexibility index (Phi) is 17.0. The van der Waals surface area contributed by atoms with E-state index in [0.717, 1.165) is 56.9 Å². The summed E-state index contributed by atoms with van der Waals surface area (Å²) >= 11 is 0.819. The van der Waals surface area contributed by atoms with E-state index in [2.05, 4.69) is 84.0 Å². The first-order valence-electron chi connectivity index (χ1n) is 15.3. The van der Waals surface area contributed by atoms with Crippen LogP contribution in [0.25, 0.3) is 16.9 Å². The fraction of sp³-hybridized carbons (Fsp3) is 0.543. The predicted molar refractivity (Wildman–Crippen MR) is 165 cm³/mol. The molecular formula is C35H52N2NiO2. The number of hydrogen-bond acceptors (Lipinski definition) is 2. The molecule has 2 aromatic rings. The number of allylic oxidation sites excluding steroid dienone is 2. The number of aryl methyl sites for hydroxylation is 2. The van der Waals surface area contributed by atoms with Crippen LogP contribution in [0.3, 0.4) is 0 Å². The molecule has 0 amide bonds. The third-order valence-corrected chi connectivity index (χ3v) is 7.77. The summed E-state index contributed by atoms with van der Waals surface area (Å²) < 4.78 is 10.3. The molecule has 0 radical (unpaired) electrons. The first-order chi connectivity index (χ1) is 19.5. The molecule has 224 valence electrons. The molecule has 2 aromatic carbocycles. The van der Waals surface area contributed by atoms with Gasteiger partial charge in [-0.05, 0) is 80.8 Å². The third kappa shape index (κ3) is 10.7. The van der Waals surface area contributed by atoms with Gasteiger partial charge in [-0.1, -0.05) is 90.0 Å². The molecule has 0 saturated heterocycles. The van der Waals surface area contributed by atoms with Crippen molar-refractivity contribution in [3.8, 4) is 0 Å². The van der Waals surface area contributed by atoms with Crippen molar-refractivity contribution in [2.24, 2.45) is 0 Å². The van der Waals surface area contributed by atoms with Gasteiger partial charge in [0.1, 0.15) is 0 Å². The maximum absolute atomic E-state index is 11.6. The predicted octanol–water partition coefficient (Wildman–Crippen LogP) is 10.5. The van der Waals surface area contributed by atoms with Crippen molar-refractivity contribution in [1.29, 1.82) is 0 Å². The average molecular weight is 592 g/mol. The van der Waals surface area contributed by atoms with Crippen molar-refractivity contribution < 1.29 is 27.5 Å². The van der Waals surface area contributed by atoms with E-state index in [1.165, 1.54) is 91.2 Å². The van der Waals surface area contributed by atoms with E-state index in [9.17, 15) is 5.53 Å². The van der Waals surface area contributed by atoms with Crippen LogP contribution in [0.5, 0.6) is 0 Å². The zero-order valence-corrected chi connectivity index (χ0v) is 26.8. The van der Waals surface area contributed by atoms with Crippen molar-refractivity contribution in [2.45, 2.75) is 111 Å². The summed E-state index contributed by atoms with van der Waals surface area (Å²) in [5.41, 5.74) is 21.1. The van der Waals surface area contributed by atoms with Gasteiger partial charge in [0.05, 0.1) is 0 Å². The van der Waals surface area contributed by atoms with Gasteiger partial charge in [-0.15, -0.1) is 0 Å². The SMILES string of the molecule is CCCCCCCCC1=C(c2cccc(CCCC)c2)[N+](=[N-])C(c2cccc(CCCC)c2)=C1C.C[O][Ni][O]C. The molecule has 1 heterocycles. The summed E-state index contributed by atoms with van der Waals surface area (Å²) in [7, 11) is 3.12. The molecule has 0 spiro atoms. The number of benzene rings is 2. The van der Waals surface area contributed by atoms with Gasteiger partial charge in [0.25, 0.3) is 0 Å². The standard InChI is InChI=1S/C33H46N2.2CH3O.Ni/c1-5-8-11-12-13-14-23-31-26(4)32(29-21-15-19-27(24-29)17-9-6-2)35(34)33(31)30-22-16-20-28(25-30)18-10-7-3;2*1-2;/h15-16,19-22,24-25H,5-14,17-18,23H2,1-4H3;2*1H3;/q;2*-1;+2. The van der Waals surface area contributed by atoms with E-state index in [1.807, 2.05) is 0 Å². The minimum absolute atomic E-state index is 0.819. The number of hydrogen-bond donors (Lipinski definition) is 0. The van der Waals surface area contributed by atoms with Crippen LogP contribution in [0, 0.1) is 0 Å². The zero-order valence-electron chi connectivity index (χ0n) is 25.8. The summed E-state index contributed by atoms with van der Waals surface area (Å²) in [6, 6.07) is 17.6. The van der Waals surface area contributed by atoms with E-state index >= 15 is 0 Å². The van der Waals surface area contributed by atoms with Gasteiger partial charge in [0.15, 0.2) is 0 Å². The Hall–Kier alpha value is -2.07. The van der Waals surface area contributed by atoms with E-state index in [1.54, 1.807) is 14.2 Å². The molecule has 0 saturated carbocycles. The Labute approximate surface area is 251 Å². The van der Waals surface area contributed by atoms with Crippen LogP contribution in [0.2, 0.25) is 0 Å². The van der Waals surface area contributed by atoms with E-state index in [0.29, 0.717) is 0 Å². The van der Waals surface area contributed by atoms with Crippen LogP contribution in [0.4, 0.5) is 0 Å². The van der Waals surface area contributed by atoms with Crippen molar-refractivity contribution >= 4 is 11.4 Å². The molecule has 0 N–H and O–H groups in total. The fourth-order valence-corrected chi connectivity index (χ4v) is 5.47. The van der Waals surface area contributed by atoms with Crippen LogP contribution in [-0.4, -0.2) is 18.9 Å². The first kappa shape index (κ1) is 34.1. The normalized spacial score (nSPS) is 13.3. The van der Waals surface area contributed by atoms with Gasteiger partial charge in [-0.3, -0.25) is 0 Å². The van der Waals surface area contributed by atoms with Crippen molar-refractivity contribution in [3.63, 3.8) is 0 Å². The van der Waals surface area contributed by atoms with Crippen molar-refractivity contribution in [3.05, 3.63) is 87.5 Å². The number of unbranched alkanes of at least 4 members (excludes halogenated alkanes) is 7. The van der Waals surface area contributed by atoms with Crippen LogP contribution in [0.15, 0.2) is 59.7 Å². The maximum atomic E-state index is 11.6. The second kappa shape index (κ2) is 19.9. The molecule has 0 atom stereocenters. The second-order valence-electron chi connectivity index (χ2n) is 10.5. The number of nitrogens with zero attached hydrogens (tertiary/aromatic N) is 2. The fourth-order valence-electron chi connectivity index (χ4n) is 5.31. The Morgan fingerprint density at radius 3 is 1.65 bits per heavy atom. The van der Waals surface area contributed by atoms with Crippen LogP contribution >= 0.6 is 0 Å².